The number of rotatable bonds is 7. The third kappa shape index (κ3) is 4.56. The van der Waals surface area contributed by atoms with Gasteiger partial charge in [0, 0.05) is 46.5 Å². The van der Waals surface area contributed by atoms with Crippen LogP contribution in [0.3, 0.4) is 0 Å². The second-order valence-corrected chi connectivity index (χ2v) is 6.59. The molecule has 2 rings (SSSR count). The third-order valence-corrected chi connectivity index (χ3v) is 4.98. The molecule has 0 fully saturated rings. The molecule has 6 heteroatoms. The zero-order valence-corrected chi connectivity index (χ0v) is 13.5. The van der Waals surface area contributed by atoms with E-state index < -0.39 is 0 Å². The fourth-order valence-electron chi connectivity index (χ4n) is 1.76. The minimum Gasteiger partial charge on any atom is -0.505 e. The van der Waals surface area contributed by atoms with E-state index in [4.69, 9.17) is 0 Å². The Morgan fingerprint density at radius 2 is 2.33 bits per heavy atom. The first-order chi connectivity index (χ1) is 10.2. The number of aromatic nitrogens is 1. The van der Waals surface area contributed by atoms with Crippen LogP contribution in [0.25, 0.3) is 0 Å². The molecule has 21 heavy (non-hydrogen) atoms. The van der Waals surface area contributed by atoms with E-state index in [2.05, 4.69) is 27.5 Å². The molecule has 0 amide bonds. The van der Waals surface area contributed by atoms with E-state index in [-0.39, 0.29) is 12.4 Å². The summed E-state index contributed by atoms with van der Waals surface area (Å²) in [7, 11) is 0. The van der Waals surface area contributed by atoms with Gasteiger partial charge in [0.15, 0.2) is 0 Å². The molecule has 2 heterocycles. The molecular formula is C15H18N2O2S2. The fourth-order valence-corrected chi connectivity index (χ4v) is 3.45. The lowest BCUT2D eigenvalue weighted by molar-refractivity contribution is 0.280. The summed E-state index contributed by atoms with van der Waals surface area (Å²) in [6, 6.07) is 4.19. The topological polar surface area (TPSA) is 65.7 Å². The number of thioether (sulfide) groups is 1. The Bertz CT molecular complexity index is 598. The van der Waals surface area contributed by atoms with Crippen LogP contribution in [-0.2, 0) is 12.4 Å². The van der Waals surface area contributed by atoms with E-state index in [1.165, 1.54) is 4.88 Å². The molecule has 0 atom stereocenters. The molecular weight excluding hydrogens is 304 g/mol. The number of thiophene rings is 1. The number of hydrogen-bond acceptors (Lipinski definition) is 6. The molecule has 0 bridgehead atoms. The number of hydrogen-bond donors (Lipinski definition) is 2. The van der Waals surface area contributed by atoms with E-state index >= 15 is 0 Å². The van der Waals surface area contributed by atoms with Gasteiger partial charge in [-0.3, -0.25) is 9.98 Å². The normalized spacial score (nSPS) is 11.3. The van der Waals surface area contributed by atoms with Crippen LogP contribution in [0.5, 0.6) is 5.75 Å². The average Bonchev–Trinajstić information content (AvgIpc) is 3.00. The quantitative estimate of drug-likeness (QED) is 0.607. The van der Waals surface area contributed by atoms with Gasteiger partial charge < -0.3 is 10.2 Å². The summed E-state index contributed by atoms with van der Waals surface area (Å²) in [5, 5.41) is 21.3. The van der Waals surface area contributed by atoms with Crippen molar-refractivity contribution < 1.29 is 10.2 Å². The molecule has 0 saturated carbocycles. The van der Waals surface area contributed by atoms with E-state index in [9.17, 15) is 10.2 Å². The minimum atomic E-state index is -0.157. The number of aliphatic imine (C=N–C) groups is 1. The molecule has 2 aromatic heterocycles. The van der Waals surface area contributed by atoms with Gasteiger partial charge in [0.25, 0.3) is 0 Å². The highest BCUT2D eigenvalue weighted by Gasteiger charge is 2.08. The Balaban J connectivity index is 1.85. The summed E-state index contributed by atoms with van der Waals surface area (Å²) >= 11 is 3.60. The highest BCUT2D eigenvalue weighted by atomic mass is 32.2. The zero-order valence-electron chi connectivity index (χ0n) is 11.8. The summed E-state index contributed by atoms with van der Waals surface area (Å²) in [4.78, 5) is 9.72. The van der Waals surface area contributed by atoms with Crippen molar-refractivity contribution in [1.29, 1.82) is 0 Å². The lowest BCUT2D eigenvalue weighted by Gasteiger charge is -2.06. The van der Waals surface area contributed by atoms with Crippen molar-refractivity contribution >= 4 is 29.3 Å². The Kier molecular flexibility index (Phi) is 6.22. The van der Waals surface area contributed by atoms with Crippen molar-refractivity contribution in [1.82, 2.24) is 4.98 Å². The number of aliphatic hydroxyl groups is 1. The van der Waals surface area contributed by atoms with E-state index in [0.717, 1.165) is 11.5 Å². The predicted molar refractivity (Wildman–Crippen MR) is 89.5 cm³/mol. The summed E-state index contributed by atoms with van der Waals surface area (Å²) in [5.41, 5.74) is 1.70. The molecule has 0 saturated heterocycles. The van der Waals surface area contributed by atoms with Crippen LogP contribution in [0.15, 0.2) is 28.7 Å². The van der Waals surface area contributed by atoms with Crippen molar-refractivity contribution in [3.8, 4) is 5.75 Å². The van der Waals surface area contributed by atoms with E-state index in [1.807, 2.05) is 11.8 Å². The van der Waals surface area contributed by atoms with Crippen molar-refractivity contribution in [3.05, 3.63) is 45.4 Å². The zero-order chi connectivity index (χ0) is 15.1. The first kappa shape index (κ1) is 16.0. The average molecular weight is 322 g/mol. The van der Waals surface area contributed by atoms with Gasteiger partial charge in [-0.15, -0.1) is 11.3 Å². The first-order valence-electron chi connectivity index (χ1n) is 6.60. The van der Waals surface area contributed by atoms with Gasteiger partial charge in [0.2, 0.25) is 0 Å². The third-order valence-electron chi connectivity index (χ3n) is 2.94. The monoisotopic (exact) mass is 322 g/mol. The maximum Gasteiger partial charge on any atom is 0.145 e. The number of aryl methyl sites for hydroxylation is 1. The van der Waals surface area contributed by atoms with Crippen molar-refractivity contribution in [2.75, 3.05) is 12.3 Å². The first-order valence-corrected chi connectivity index (χ1v) is 8.64. The van der Waals surface area contributed by atoms with Gasteiger partial charge in [0.1, 0.15) is 5.75 Å². The molecule has 4 nitrogen and oxygen atoms in total. The van der Waals surface area contributed by atoms with Crippen LogP contribution in [0.4, 0.5) is 0 Å². The molecule has 0 spiro atoms. The van der Waals surface area contributed by atoms with Crippen LogP contribution >= 0.6 is 23.1 Å². The van der Waals surface area contributed by atoms with Crippen molar-refractivity contribution in [2.24, 2.45) is 4.99 Å². The van der Waals surface area contributed by atoms with Crippen LogP contribution in [0.1, 0.15) is 21.7 Å². The summed E-state index contributed by atoms with van der Waals surface area (Å²) in [6.07, 6.45) is 3.20. The van der Waals surface area contributed by atoms with Crippen LogP contribution in [0, 0.1) is 6.92 Å². The van der Waals surface area contributed by atoms with Crippen LogP contribution in [-0.4, -0.2) is 33.7 Å². The predicted octanol–water partition coefficient (Wildman–Crippen LogP) is 3.00. The largest absolute Gasteiger partial charge is 0.505 e. The highest BCUT2D eigenvalue weighted by molar-refractivity contribution is 7.98. The molecule has 0 radical (unpaired) electrons. The number of aliphatic hydroxyl groups excluding tert-OH is 1. The summed E-state index contributed by atoms with van der Waals surface area (Å²) < 4.78 is 0. The van der Waals surface area contributed by atoms with E-state index in [0.29, 0.717) is 23.4 Å². The lowest BCUT2D eigenvalue weighted by Crippen LogP contribution is -1.98. The Labute approximate surface area is 132 Å². The molecule has 2 aromatic rings. The highest BCUT2D eigenvalue weighted by Crippen LogP contribution is 2.22. The van der Waals surface area contributed by atoms with Crippen LogP contribution < -0.4 is 0 Å². The fraction of sp³-hybridized carbons (Fsp3) is 0.333. The van der Waals surface area contributed by atoms with Gasteiger partial charge in [-0.25, -0.2) is 0 Å². The summed E-state index contributed by atoms with van der Waals surface area (Å²) in [6.45, 7) is 2.25. The van der Waals surface area contributed by atoms with Gasteiger partial charge in [-0.2, -0.15) is 11.8 Å². The van der Waals surface area contributed by atoms with Gasteiger partial charge in [-0.1, -0.05) is 6.07 Å². The Hall–Kier alpha value is -1.37. The second kappa shape index (κ2) is 8.17. The SMILES string of the molecule is Cc1ncc(CO)c(C=NCCSCc2cccs2)c1O. The molecule has 0 aromatic carbocycles. The van der Waals surface area contributed by atoms with Crippen LogP contribution in [0.2, 0.25) is 0 Å². The van der Waals surface area contributed by atoms with Gasteiger partial charge in [-0.05, 0) is 18.4 Å². The Morgan fingerprint density at radius 1 is 1.48 bits per heavy atom. The van der Waals surface area contributed by atoms with Crippen molar-refractivity contribution in [3.63, 3.8) is 0 Å². The van der Waals surface area contributed by atoms with Gasteiger partial charge >= 0.3 is 0 Å². The number of nitrogens with zero attached hydrogens (tertiary/aromatic N) is 2. The maximum absolute atomic E-state index is 9.97. The number of aromatic hydroxyl groups is 1. The summed E-state index contributed by atoms with van der Waals surface area (Å²) in [5.74, 6) is 2.03. The molecule has 0 aliphatic rings. The molecule has 0 unspecified atom stereocenters. The maximum atomic E-state index is 9.97. The number of pyridine rings is 1. The lowest BCUT2D eigenvalue weighted by atomic mass is 10.1. The Morgan fingerprint density at radius 3 is 3.05 bits per heavy atom. The van der Waals surface area contributed by atoms with Gasteiger partial charge in [0.05, 0.1) is 12.3 Å². The smallest absolute Gasteiger partial charge is 0.145 e. The molecule has 112 valence electrons. The van der Waals surface area contributed by atoms with E-state index in [1.54, 1.807) is 30.7 Å². The second-order valence-electron chi connectivity index (χ2n) is 4.46. The molecule has 0 aliphatic carbocycles. The minimum absolute atomic E-state index is 0.0940. The molecule has 2 N–H and O–H groups in total. The molecule has 0 aliphatic heterocycles. The standard InChI is InChI=1S/C15H18N2O2S2/c1-11-15(19)14(12(9-18)7-17-11)8-16-4-6-20-10-13-3-2-5-21-13/h2-3,5,7-8,18-19H,4,6,9-10H2,1H3. The van der Waals surface area contributed by atoms with Crippen molar-refractivity contribution in [2.45, 2.75) is 19.3 Å².